The fourth-order valence-electron chi connectivity index (χ4n) is 2.77. The molecule has 0 fully saturated rings. The minimum atomic E-state index is 0.256. The van der Waals surface area contributed by atoms with E-state index in [1.807, 2.05) is 6.92 Å². The first-order chi connectivity index (χ1) is 9.80. The molecule has 4 heteroatoms. The summed E-state index contributed by atoms with van der Waals surface area (Å²) in [6.45, 7) is 9.04. The van der Waals surface area contributed by atoms with Crippen LogP contribution >= 0.6 is 0 Å². The standard InChI is InChI=1S/C16H26N2O2/c1-3-18(8-10-19-4-2)15(12-17)13-5-6-16-14(11-13)7-9-20-16/h5-6,11,15H,3-4,7-10,12,17H2,1-2H3. The first-order valence-electron chi connectivity index (χ1n) is 7.57. The molecule has 0 saturated carbocycles. The van der Waals surface area contributed by atoms with Gasteiger partial charge in [-0.2, -0.15) is 0 Å². The molecule has 1 aliphatic heterocycles. The van der Waals surface area contributed by atoms with Crippen molar-refractivity contribution in [1.29, 1.82) is 0 Å². The Bertz CT molecular complexity index is 423. The lowest BCUT2D eigenvalue weighted by Crippen LogP contribution is -2.36. The van der Waals surface area contributed by atoms with Crippen LogP contribution in [0, 0.1) is 0 Å². The van der Waals surface area contributed by atoms with Gasteiger partial charge in [-0.3, -0.25) is 4.90 Å². The highest BCUT2D eigenvalue weighted by Gasteiger charge is 2.20. The quantitative estimate of drug-likeness (QED) is 0.739. The topological polar surface area (TPSA) is 47.7 Å². The first-order valence-corrected chi connectivity index (χ1v) is 7.57. The van der Waals surface area contributed by atoms with Crippen LogP contribution in [0.4, 0.5) is 0 Å². The summed E-state index contributed by atoms with van der Waals surface area (Å²) in [5.74, 6) is 1.03. The van der Waals surface area contributed by atoms with E-state index in [-0.39, 0.29) is 6.04 Å². The highest BCUT2D eigenvalue weighted by atomic mass is 16.5. The summed E-state index contributed by atoms with van der Waals surface area (Å²) in [5, 5.41) is 0. The molecule has 1 unspecified atom stereocenters. The van der Waals surface area contributed by atoms with Crippen molar-refractivity contribution < 1.29 is 9.47 Å². The lowest BCUT2D eigenvalue weighted by atomic mass is 10.0. The molecule has 2 N–H and O–H groups in total. The van der Waals surface area contributed by atoms with Crippen molar-refractivity contribution in [3.05, 3.63) is 29.3 Å². The number of fused-ring (bicyclic) bond motifs is 1. The van der Waals surface area contributed by atoms with E-state index in [1.165, 1.54) is 11.1 Å². The van der Waals surface area contributed by atoms with Gasteiger partial charge in [-0.1, -0.05) is 19.1 Å². The molecule has 0 spiro atoms. The molecule has 1 aliphatic rings. The lowest BCUT2D eigenvalue weighted by molar-refractivity contribution is 0.0980. The van der Waals surface area contributed by atoms with Crippen molar-refractivity contribution in [3.63, 3.8) is 0 Å². The van der Waals surface area contributed by atoms with E-state index < -0.39 is 0 Å². The first kappa shape index (κ1) is 15.3. The fraction of sp³-hybridized carbons (Fsp3) is 0.625. The normalized spacial score (nSPS) is 15.2. The highest BCUT2D eigenvalue weighted by Crippen LogP contribution is 2.29. The van der Waals surface area contributed by atoms with E-state index in [9.17, 15) is 0 Å². The van der Waals surface area contributed by atoms with Crippen LogP contribution in [0.25, 0.3) is 0 Å². The molecule has 1 aromatic rings. The van der Waals surface area contributed by atoms with E-state index in [0.29, 0.717) is 6.54 Å². The van der Waals surface area contributed by atoms with Crippen LogP contribution in [-0.2, 0) is 11.2 Å². The Morgan fingerprint density at radius 2 is 2.25 bits per heavy atom. The Hall–Kier alpha value is -1.10. The molecule has 1 atom stereocenters. The Balaban J connectivity index is 2.09. The number of nitrogens with zero attached hydrogens (tertiary/aromatic N) is 1. The predicted molar refractivity (Wildman–Crippen MR) is 81.2 cm³/mol. The minimum Gasteiger partial charge on any atom is -0.493 e. The second-order valence-electron chi connectivity index (χ2n) is 5.04. The smallest absolute Gasteiger partial charge is 0.122 e. The summed E-state index contributed by atoms with van der Waals surface area (Å²) in [4.78, 5) is 2.38. The maximum Gasteiger partial charge on any atom is 0.122 e. The Labute approximate surface area is 121 Å². The molecule has 20 heavy (non-hydrogen) atoms. The van der Waals surface area contributed by atoms with E-state index in [4.69, 9.17) is 15.2 Å². The molecule has 1 heterocycles. The third-order valence-corrected chi connectivity index (χ3v) is 3.90. The second kappa shape index (κ2) is 7.62. The van der Waals surface area contributed by atoms with Crippen LogP contribution in [0.1, 0.15) is 31.0 Å². The van der Waals surface area contributed by atoms with Crippen molar-refractivity contribution >= 4 is 0 Å². The third-order valence-electron chi connectivity index (χ3n) is 3.90. The Kier molecular flexibility index (Phi) is 5.83. The van der Waals surface area contributed by atoms with Gasteiger partial charge < -0.3 is 15.2 Å². The van der Waals surface area contributed by atoms with Gasteiger partial charge in [-0.25, -0.2) is 0 Å². The number of hydrogen-bond donors (Lipinski definition) is 1. The molecule has 0 bridgehead atoms. The van der Waals surface area contributed by atoms with Crippen LogP contribution in [0.3, 0.4) is 0 Å². The summed E-state index contributed by atoms with van der Waals surface area (Å²) in [6.07, 6.45) is 1.01. The Morgan fingerprint density at radius 1 is 1.40 bits per heavy atom. The predicted octanol–water partition coefficient (Wildman–Crippen LogP) is 1.98. The van der Waals surface area contributed by atoms with Crippen molar-refractivity contribution in [2.75, 3.05) is 39.5 Å². The zero-order valence-electron chi connectivity index (χ0n) is 12.6. The van der Waals surface area contributed by atoms with Crippen molar-refractivity contribution in [3.8, 4) is 5.75 Å². The average molecular weight is 278 g/mol. The van der Waals surface area contributed by atoms with Gasteiger partial charge in [0.2, 0.25) is 0 Å². The van der Waals surface area contributed by atoms with Gasteiger partial charge in [0.25, 0.3) is 0 Å². The van der Waals surface area contributed by atoms with Gasteiger partial charge in [-0.15, -0.1) is 0 Å². The van der Waals surface area contributed by atoms with Crippen LogP contribution in [0.5, 0.6) is 5.75 Å². The monoisotopic (exact) mass is 278 g/mol. The third kappa shape index (κ3) is 3.51. The summed E-state index contributed by atoms with van der Waals surface area (Å²) >= 11 is 0. The van der Waals surface area contributed by atoms with Crippen molar-refractivity contribution in [1.82, 2.24) is 4.90 Å². The highest BCUT2D eigenvalue weighted by molar-refractivity contribution is 5.40. The van der Waals surface area contributed by atoms with Crippen molar-refractivity contribution in [2.45, 2.75) is 26.3 Å². The summed E-state index contributed by atoms with van der Waals surface area (Å²) in [5.41, 5.74) is 8.61. The number of likely N-dealkylation sites (N-methyl/N-ethyl adjacent to an activating group) is 1. The lowest BCUT2D eigenvalue weighted by Gasteiger charge is -2.30. The van der Waals surface area contributed by atoms with Crippen LogP contribution < -0.4 is 10.5 Å². The van der Waals surface area contributed by atoms with Gasteiger partial charge in [0.15, 0.2) is 0 Å². The summed E-state index contributed by atoms with van der Waals surface area (Å²) < 4.78 is 11.0. The van der Waals surface area contributed by atoms with Crippen LogP contribution in [-0.4, -0.2) is 44.4 Å². The molecular weight excluding hydrogens is 252 g/mol. The summed E-state index contributed by atoms with van der Waals surface area (Å²) in [6, 6.07) is 6.73. The minimum absolute atomic E-state index is 0.256. The molecule has 0 aromatic heterocycles. The maximum absolute atomic E-state index is 6.02. The molecule has 0 radical (unpaired) electrons. The van der Waals surface area contributed by atoms with Gasteiger partial charge in [0.05, 0.1) is 13.2 Å². The van der Waals surface area contributed by atoms with E-state index in [1.54, 1.807) is 0 Å². The van der Waals surface area contributed by atoms with Gasteiger partial charge in [0, 0.05) is 32.2 Å². The molecule has 0 aliphatic carbocycles. The SMILES string of the molecule is CCOCCN(CC)C(CN)c1ccc2c(c1)CCO2. The molecule has 112 valence electrons. The number of benzene rings is 1. The van der Waals surface area contributed by atoms with Gasteiger partial charge in [-0.05, 0) is 30.7 Å². The van der Waals surface area contributed by atoms with Crippen LogP contribution in [0.2, 0.25) is 0 Å². The molecule has 4 nitrogen and oxygen atoms in total. The van der Waals surface area contributed by atoms with Gasteiger partial charge in [0.1, 0.15) is 5.75 Å². The molecule has 2 rings (SSSR count). The number of ether oxygens (including phenoxy) is 2. The average Bonchev–Trinajstić information content (AvgIpc) is 2.94. The fourth-order valence-corrected chi connectivity index (χ4v) is 2.77. The maximum atomic E-state index is 6.02. The zero-order valence-corrected chi connectivity index (χ0v) is 12.6. The summed E-state index contributed by atoms with van der Waals surface area (Å²) in [7, 11) is 0. The number of rotatable bonds is 8. The van der Waals surface area contributed by atoms with Gasteiger partial charge >= 0.3 is 0 Å². The van der Waals surface area contributed by atoms with Crippen molar-refractivity contribution in [2.24, 2.45) is 5.73 Å². The molecule has 1 aromatic carbocycles. The molecular formula is C16H26N2O2. The molecule has 0 amide bonds. The zero-order chi connectivity index (χ0) is 14.4. The number of nitrogens with two attached hydrogens (primary N) is 1. The molecule has 0 saturated heterocycles. The largest absolute Gasteiger partial charge is 0.493 e. The van der Waals surface area contributed by atoms with E-state index in [2.05, 4.69) is 30.0 Å². The van der Waals surface area contributed by atoms with Crippen LogP contribution in [0.15, 0.2) is 18.2 Å². The Morgan fingerprint density at radius 3 is 2.95 bits per heavy atom. The van der Waals surface area contributed by atoms with E-state index >= 15 is 0 Å². The number of hydrogen-bond acceptors (Lipinski definition) is 4. The second-order valence-corrected chi connectivity index (χ2v) is 5.04. The van der Waals surface area contributed by atoms with E-state index in [0.717, 1.165) is 45.1 Å².